The normalized spacial score (nSPS) is 17.9. The van der Waals surface area contributed by atoms with E-state index in [1.165, 1.54) is 6.92 Å². The van der Waals surface area contributed by atoms with Crippen LogP contribution in [0.3, 0.4) is 0 Å². The molecule has 0 spiro atoms. The molecular weight excluding hydrogens is 759 g/mol. The molecule has 5 amide bonds. The zero-order valence-electron chi connectivity index (χ0n) is 35.6. The van der Waals surface area contributed by atoms with Crippen molar-refractivity contribution in [3.8, 4) is 0 Å². The van der Waals surface area contributed by atoms with Crippen LogP contribution in [0.4, 0.5) is 4.79 Å². The van der Waals surface area contributed by atoms with Crippen molar-refractivity contribution in [2.75, 3.05) is 32.7 Å². The van der Waals surface area contributed by atoms with Crippen LogP contribution in [-0.2, 0) is 29.5 Å². The van der Waals surface area contributed by atoms with Gasteiger partial charge < -0.3 is 21.3 Å². The second-order valence-corrected chi connectivity index (χ2v) is 16.4. The number of piperazine rings is 1. The van der Waals surface area contributed by atoms with Crippen molar-refractivity contribution in [2.45, 2.75) is 96.8 Å². The smallest absolute Gasteiger partial charge is 0.325 e. The monoisotopic (exact) mass is 819 g/mol. The maximum absolute atomic E-state index is 14.1. The van der Waals surface area contributed by atoms with Gasteiger partial charge in [-0.2, -0.15) is 0 Å². The molecule has 13 nitrogen and oxygen atoms in total. The van der Waals surface area contributed by atoms with Crippen molar-refractivity contribution in [1.29, 1.82) is 0 Å². The highest BCUT2D eigenvalue weighted by molar-refractivity contribution is 6.08. The zero-order valence-corrected chi connectivity index (χ0v) is 35.6. The van der Waals surface area contributed by atoms with Crippen LogP contribution in [0.25, 0.3) is 0 Å². The summed E-state index contributed by atoms with van der Waals surface area (Å²) in [7, 11) is 0. The van der Waals surface area contributed by atoms with E-state index < -0.39 is 47.4 Å². The van der Waals surface area contributed by atoms with Crippen LogP contribution in [0, 0.1) is 11.8 Å². The molecule has 0 unspecified atom stereocenters. The van der Waals surface area contributed by atoms with Crippen LogP contribution in [0.1, 0.15) is 89.8 Å². The fourth-order valence-electron chi connectivity index (χ4n) is 8.49. The van der Waals surface area contributed by atoms with Crippen molar-refractivity contribution in [3.05, 3.63) is 108 Å². The number of imide groups is 1. The molecule has 0 radical (unpaired) electrons. The molecule has 0 aromatic heterocycles. The summed E-state index contributed by atoms with van der Waals surface area (Å²) in [6.45, 7) is 11.1. The Morgan fingerprint density at radius 1 is 0.833 bits per heavy atom. The number of benzene rings is 3. The number of hydrogen-bond donors (Lipinski definition) is 3. The lowest BCUT2D eigenvalue weighted by Gasteiger charge is -2.41. The number of amides is 5. The minimum atomic E-state index is -1.17. The Kier molecular flexibility index (Phi) is 15.9. The van der Waals surface area contributed by atoms with Crippen LogP contribution < -0.4 is 16.4 Å². The minimum Gasteiger partial charge on any atom is -0.388 e. The minimum absolute atomic E-state index is 0.0107. The van der Waals surface area contributed by atoms with Gasteiger partial charge in [-0.15, -0.1) is 0 Å². The molecule has 2 aliphatic rings. The SMILES string of the molecule is CC[C@@H](C(=O)N1CCN([C@@H](CC(C)C)C(=O)C[C@H](CCCN=C(C)N)C(C)=O)CC1)N1C(=O)N[C@H](CC(=O)NC(c2ccccc2)(c2ccccc2)c2ccccc2)C1=O. The third-order valence-corrected chi connectivity index (χ3v) is 11.6. The summed E-state index contributed by atoms with van der Waals surface area (Å²) < 4.78 is 0. The van der Waals surface area contributed by atoms with Crippen molar-refractivity contribution in [1.82, 2.24) is 25.3 Å². The summed E-state index contributed by atoms with van der Waals surface area (Å²) in [6.07, 6.45) is 1.82. The molecule has 60 heavy (non-hydrogen) atoms. The molecule has 0 aliphatic carbocycles. The predicted octanol–water partition coefficient (Wildman–Crippen LogP) is 5.06. The number of nitrogens with two attached hydrogens (primary N) is 1. The third kappa shape index (κ3) is 10.9. The summed E-state index contributed by atoms with van der Waals surface area (Å²) in [6, 6.07) is 25.4. The molecule has 3 aromatic rings. The number of carbonyl (C=O) groups excluding carboxylic acids is 6. The molecular formula is C47H61N7O6. The molecule has 4 atom stereocenters. The number of amidine groups is 1. The number of rotatable bonds is 20. The van der Waals surface area contributed by atoms with E-state index in [4.69, 9.17) is 5.73 Å². The highest BCUT2D eigenvalue weighted by Crippen LogP contribution is 2.37. The highest BCUT2D eigenvalue weighted by Gasteiger charge is 2.47. The summed E-state index contributed by atoms with van der Waals surface area (Å²) in [5.74, 6) is -1.15. The van der Waals surface area contributed by atoms with Crippen molar-refractivity contribution < 1.29 is 28.8 Å². The molecule has 5 rings (SSSR count). The topological polar surface area (TPSA) is 175 Å². The van der Waals surface area contributed by atoms with Crippen molar-refractivity contribution >= 4 is 41.2 Å². The fraction of sp³-hybridized carbons (Fsp3) is 0.468. The average Bonchev–Trinajstić information content (AvgIpc) is 3.51. The second kappa shape index (κ2) is 21.0. The first-order chi connectivity index (χ1) is 28.8. The second-order valence-electron chi connectivity index (χ2n) is 16.4. The number of carbonyl (C=O) groups is 6. The van der Waals surface area contributed by atoms with Gasteiger partial charge in [0.25, 0.3) is 5.91 Å². The van der Waals surface area contributed by atoms with Gasteiger partial charge in [0.15, 0.2) is 5.78 Å². The molecule has 2 aliphatic heterocycles. The van der Waals surface area contributed by atoms with Gasteiger partial charge in [0, 0.05) is 45.1 Å². The Balaban J connectivity index is 1.25. The Labute approximate surface area is 354 Å². The molecule has 2 fully saturated rings. The van der Waals surface area contributed by atoms with E-state index in [9.17, 15) is 28.8 Å². The molecule has 2 heterocycles. The lowest BCUT2D eigenvalue weighted by atomic mass is 9.77. The molecule has 2 saturated heterocycles. The quantitative estimate of drug-likeness (QED) is 0.0466. The van der Waals surface area contributed by atoms with Crippen LogP contribution >= 0.6 is 0 Å². The summed E-state index contributed by atoms with van der Waals surface area (Å²) in [4.78, 5) is 91.0. The van der Waals surface area contributed by atoms with Gasteiger partial charge in [0.1, 0.15) is 23.4 Å². The standard InChI is InChI=1S/C47H61N7O6/c1-6-40(45(59)53-27-25-52(26-28-53)41(29-32(2)3)42(56)30-35(33(4)55)17-16-24-49-34(5)48)54-44(58)39(50-46(54)60)31-43(57)51-47(36-18-10-7-11-19-36,37-20-12-8-13-21-37)38-22-14-9-15-23-38/h7-15,18-23,32,35,39-41H,6,16-17,24-31H2,1-5H3,(H2,48,49)(H,50,60)(H,51,57)/t35-,39+,40-,41-/m0/s1. The van der Waals surface area contributed by atoms with Crippen LogP contribution in [-0.4, -0.2) is 107 Å². The van der Waals surface area contributed by atoms with Gasteiger partial charge in [-0.3, -0.25) is 33.9 Å². The number of Topliss-reactive ketones (excluding diaryl/α,β-unsaturated/α-hetero) is 2. The Hall–Kier alpha value is -5.69. The maximum Gasteiger partial charge on any atom is 0.325 e. The Bertz CT molecular complexity index is 1880. The van der Waals surface area contributed by atoms with Crippen LogP contribution in [0.5, 0.6) is 0 Å². The molecule has 0 bridgehead atoms. The maximum atomic E-state index is 14.1. The number of nitrogens with one attached hydrogen (secondary N) is 2. The first-order valence-electron chi connectivity index (χ1n) is 21.2. The van der Waals surface area contributed by atoms with E-state index in [0.29, 0.717) is 57.8 Å². The van der Waals surface area contributed by atoms with Crippen LogP contribution in [0.15, 0.2) is 96.0 Å². The van der Waals surface area contributed by atoms with Crippen molar-refractivity contribution in [2.24, 2.45) is 22.6 Å². The lowest BCUT2D eigenvalue weighted by Crippen LogP contribution is -2.58. The average molecular weight is 820 g/mol. The first-order valence-corrected chi connectivity index (χ1v) is 21.2. The molecule has 4 N–H and O–H groups in total. The lowest BCUT2D eigenvalue weighted by molar-refractivity contribution is -0.144. The third-order valence-electron chi connectivity index (χ3n) is 11.6. The first kappa shape index (κ1) is 45.4. The summed E-state index contributed by atoms with van der Waals surface area (Å²) in [5.41, 5.74) is 6.99. The Morgan fingerprint density at radius 3 is 1.83 bits per heavy atom. The zero-order chi connectivity index (χ0) is 43.4. The van der Waals surface area contributed by atoms with Gasteiger partial charge in [-0.25, -0.2) is 9.69 Å². The number of hydrogen-bond acceptors (Lipinski definition) is 8. The van der Waals surface area contributed by atoms with E-state index >= 15 is 0 Å². The summed E-state index contributed by atoms with van der Waals surface area (Å²) in [5, 5.41) is 5.93. The molecule has 3 aromatic carbocycles. The number of nitrogens with zero attached hydrogens (tertiary/aromatic N) is 4. The summed E-state index contributed by atoms with van der Waals surface area (Å²) >= 11 is 0. The number of urea groups is 1. The van der Waals surface area contributed by atoms with E-state index in [0.717, 1.165) is 21.6 Å². The largest absolute Gasteiger partial charge is 0.388 e. The van der Waals surface area contributed by atoms with E-state index in [1.807, 2.05) is 91.0 Å². The number of aliphatic imine (C=N–C) groups is 1. The molecule has 320 valence electrons. The van der Waals surface area contributed by atoms with Crippen molar-refractivity contribution in [3.63, 3.8) is 0 Å². The van der Waals surface area contributed by atoms with E-state index in [-0.39, 0.29) is 42.7 Å². The predicted molar refractivity (Wildman–Crippen MR) is 232 cm³/mol. The van der Waals surface area contributed by atoms with E-state index in [2.05, 4.69) is 34.4 Å². The van der Waals surface area contributed by atoms with Gasteiger partial charge in [0.2, 0.25) is 11.8 Å². The van der Waals surface area contributed by atoms with Crippen LogP contribution in [0.2, 0.25) is 0 Å². The number of ketones is 2. The van der Waals surface area contributed by atoms with E-state index in [1.54, 1.807) is 18.7 Å². The molecule has 13 heteroatoms. The van der Waals surface area contributed by atoms with Gasteiger partial charge in [-0.05, 0) is 62.1 Å². The highest BCUT2D eigenvalue weighted by atomic mass is 16.2. The molecule has 0 saturated carbocycles. The Morgan fingerprint density at radius 2 is 1.37 bits per heavy atom. The van der Waals surface area contributed by atoms with Gasteiger partial charge in [-0.1, -0.05) is 112 Å². The van der Waals surface area contributed by atoms with Gasteiger partial charge >= 0.3 is 6.03 Å². The fourth-order valence-corrected chi connectivity index (χ4v) is 8.49. The van der Waals surface area contributed by atoms with Gasteiger partial charge in [0.05, 0.1) is 18.3 Å².